The Bertz CT molecular complexity index is 924. The van der Waals surface area contributed by atoms with E-state index in [1.165, 1.54) is 18.2 Å². The van der Waals surface area contributed by atoms with Crippen LogP contribution in [0.2, 0.25) is 0 Å². The van der Waals surface area contributed by atoms with Gasteiger partial charge in [0.15, 0.2) is 0 Å². The molecule has 0 radical (unpaired) electrons. The minimum atomic E-state index is -0.652. The first-order valence-corrected chi connectivity index (χ1v) is 9.83. The van der Waals surface area contributed by atoms with Gasteiger partial charge in [0, 0.05) is 17.8 Å². The van der Waals surface area contributed by atoms with E-state index < -0.39 is 17.1 Å². The molecule has 3 rings (SSSR count). The van der Waals surface area contributed by atoms with Gasteiger partial charge < -0.3 is 15.0 Å². The Labute approximate surface area is 170 Å². The summed E-state index contributed by atoms with van der Waals surface area (Å²) in [4.78, 5) is 27.4. The molecule has 29 heavy (non-hydrogen) atoms. The number of halogens is 1. The molecule has 0 atom stereocenters. The summed E-state index contributed by atoms with van der Waals surface area (Å²) >= 11 is 0. The number of ether oxygens (including phenoxy) is 1. The lowest BCUT2D eigenvalue weighted by atomic mass is 9.92. The van der Waals surface area contributed by atoms with Gasteiger partial charge in [-0.3, -0.25) is 9.59 Å². The van der Waals surface area contributed by atoms with E-state index in [0.29, 0.717) is 29.6 Å². The van der Waals surface area contributed by atoms with Crippen LogP contribution < -0.4 is 15.0 Å². The smallest absolute Gasteiger partial charge is 0.255 e. The fourth-order valence-electron chi connectivity index (χ4n) is 3.17. The SMILES string of the molecule is CC(C)CCN1C(=O)C(C)(C)COc2ccc(NC(=O)c3cccc(F)c3)cc21. The monoisotopic (exact) mass is 398 g/mol. The van der Waals surface area contributed by atoms with E-state index in [1.807, 2.05) is 13.8 Å². The zero-order valence-electron chi connectivity index (χ0n) is 17.3. The third-order valence-electron chi connectivity index (χ3n) is 4.94. The molecule has 5 nitrogen and oxygen atoms in total. The molecule has 0 aliphatic carbocycles. The van der Waals surface area contributed by atoms with Gasteiger partial charge in [0.05, 0.1) is 11.1 Å². The molecule has 0 bridgehead atoms. The normalized spacial score (nSPS) is 15.5. The molecule has 1 aliphatic heterocycles. The Hall–Kier alpha value is -2.89. The lowest BCUT2D eigenvalue weighted by Gasteiger charge is -2.28. The van der Waals surface area contributed by atoms with Crippen molar-refractivity contribution in [2.24, 2.45) is 11.3 Å². The van der Waals surface area contributed by atoms with Crippen LogP contribution in [0.4, 0.5) is 15.8 Å². The molecule has 0 unspecified atom stereocenters. The van der Waals surface area contributed by atoms with E-state index >= 15 is 0 Å². The molecule has 1 heterocycles. The number of rotatable bonds is 5. The summed E-state index contributed by atoms with van der Waals surface area (Å²) < 4.78 is 19.3. The van der Waals surface area contributed by atoms with Crippen LogP contribution in [0, 0.1) is 17.2 Å². The van der Waals surface area contributed by atoms with Crippen molar-refractivity contribution < 1.29 is 18.7 Å². The maximum Gasteiger partial charge on any atom is 0.255 e. The summed E-state index contributed by atoms with van der Waals surface area (Å²) in [5, 5.41) is 2.78. The molecule has 6 heteroatoms. The van der Waals surface area contributed by atoms with Crippen molar-refractivity contribution >= 4 is 23.2 Å². The van der Waals surface area contributed by atoms with E-state index in [1.54, 1.807) is 29.2 Å². The van der Waals surface area contributed by atoms with Gasteiger partial charge in [-0.2, -0.15) is 0 Å². The highest BCUT2D eigenvalue weighted by molar-refractivity contribution is 6.05. The van der Waals surface area contributed by atoms with Crippen LogP contribution in [0.25, 0.3) is 0 Å². The zero-order chi connectivity index (χ0) is 21.2. The first-order chi connectivity index (χ1) is 13.7. The number of anilines is 2. The van der Waals surface area contributed by atoms with Crippen LogP contribution in [0.1, 0.15) is 44.5 Å². The average Bonchev–Trinajstić information content (AvgIpc) is 2.75. The summed E-state index contributed by atoms with van der Waals surface area (Å²) in [5.74, 6) is 0.149. The number of nitrogens with zero attached hydrogens (tertiary/aromatic N) is 1. The predicted molar refractivity (Wildman–Crippen MR) is 112 cm³/mol. The summed E-state index contributed by atoms with van der Waals surface area (Å²) in [5.41, 5.74) is 0.730. The fourth-order valence-corrected chi connectivity index (χ4v) is 3.17. The lowest BCUT2D eigenvalue weighted by molar-refractivity contribution is -0.127. The molecule has 0 fully saturated rings. The standard InChI is InChI=1S/C23H27FN2O3/c1-15(2)10-11-26-19-13-18(25-21(27)16-6-5-7-17(24)12-16)8-9-20(19)29-14-23(3,4)22(26)28/h5-9,12-13,15H,10-11,14H2,1-4H3,(H,25,27). The van der Waals surface area contributed by atoms with Crippen molar-refractivity contribution in [3.63, 3.8) is 0 Å². The molecule has 0 spiro atoms. The molecule has 2 amide bonds. The summed E-state index contributed by atoms with van der Waals surface area (Å²) in [7, 11) is 0. The number of nitrogens with one attached hydrogen (secondary N) is 1. The van der Waals surface area contributed by atoms with Gasteiger partial charge in [-0.15, -0.1) is 0 Å². The molecular formula is C23H27FN2O3. The van der Waals surface area contributed by atoms with Crippen molar-refractivity contribution in [3.05, 3.63) is 53.8 Å². The van der Waals surface area contributed by atoms with Crippen molar-refractivity contribution in [2.45, 2.75) is 34.1 Å². The topological polar surface area (TPSA) is 58.6 Å². The third-order valence-corrected chi connectivity index (χ3v) is 4.94. The van der Waals surface area contributed by atoms with Crippen molar-refractivity contribution in [1.29, 1.82) is 0 Å². The Balaban J connectivity index is 1.91. The molecule has 1 aliphatic rings. The van der Waals surface area contributed by atoms with Crippen LogP contribution in [-0.4, -0.2) is 25.0 Å². The fraction of sp³-hybridized carbons (Fsp3) is 0.391. The molecule has 0 saturated carbocycles. The van der Waals surface area contributed by atoms with E-state index in [9.17, 15) is 14.0 Å². The molecule has 2 aromatic rings. The molecular weight excluding hydrogens is 371 g/mol. The number of carbonyl (C=O) groups is 2. The van der Waals surface area contributed by atoms with E-state index in [2.05, 4.69) is 19.2 Å². The minimum Gasteiger partial charge on any atom is -0.490 e. The zero-order valence-corrected chi connectivity index (χ0v) is 17.3. The summed E-state index contributed by atoms with van der Waals surface area (Å²) in [6.07, 6.45) is 0.848. The second-order valence-corrected chi connectivity index (χ2v) is 8.46. The number of amides is 2. The van der Waals surface area contributed by atoms with Crippen molar-refractivity contribution in [1.82, 2.24) is 0 Å². The number of hydrogen-bond acceptors (Lipinski definition) is 3. The van der Waals surface area contributed by atoms with Crippen LogP contribution in [0.15, 0.2) is 42.5 Å². The number of fused-ring (bicyclic) bond motifs is 1. The molecule has 154 valence electrons. The van der Waals surface area contributed by atoms with Gasteiger partial charge in [-0.05, 0) is 62.6 Å². The van der Waals surface area contributed by atoms with Gasteiger partial charge in [-0.25, -0.2) is 4.39 Å². The van der Waals surface area contributed by atoms with E-state index in [0.717, 1.165) is 6.42 Å². The van der Waals surface area contributed by atoms with Crippen molar-refractivity contribution in [2.75, 3.05) is 23.4 Å². The highest BCUT2D eigenvalue weighted by atomic mass is 19.1. The van der Waals surface area contributed by atoms with Gasteiger partial charge in [0.1, 0.15) is 18.2 Å². The highest BCUT2D eigenvalue weighted by Gasteiger charge is 2.37. The second-order valence-electron chi connectivity index (χ2n) is 8.46. The van der Waals surface area contributed by atoms with Gasteiger partial charge >= 0.3 is 0 Å². The summed E-state index contributed by atoms with van der Waals surface area (Å²) in [6, 6.07) is 10.7. The van der Waals surface area contributed by atoms with Gasteiger partial charge in [0.2, 0.25) is 5.91 Å². The average molecular weight is 398 g/mol. The quantitative estimate of drug-likeness (QED) is 0.781. The van der Waals surface area contributed by atoms with E-state index in [4.69, 9.17) is 4.74 Å². The second kappa shape index (κ2) is 8.23. The first-order valence-electron chi connectivity index (χ1n) is 9.83. The predicted octanol–water partition coefficient (Wildman–Crippen LogP) is 4.88. The molecule has 1 N–H and O–H groups in total. The molecule has 2 aromatic carbocycles. The number of carbonyl (C=O) groups excluding carboxylic acids is 2. The lowest BCUT2D eigenvalue weighted by Crippen LogP contribution is -2.42. The Morgan fingerprint density at radius 2 is 2.00 bits per heavy atom. The Morgan fingerprint density at radius 1 is 1.24 bits per heavy atom. The molecule has 0 aromatic heterocycles. The molecule has 0 saturated heterocycles. The largest absolute Gasteiger partial charge is 0.490 e. The third kappa shape index (κ3) is 4.75. The van der Waals surface area contributed by atoms with Crippen LogP contribution in [0.5, 0.6) is 5.75 Å². The summed E-state index contributed by atoms with van der Waals surface area (Å²) in [6.45, 7) is 8.82. The maximum atomic E-state index is 13.4. The Morgan fingerprint density at radius 3 is 2.69 bits per heavy atom. The van der Waals surface area contributed by atoms with Crippen LogP contribution in [-0.2, 0) is 4.79 Å². The maximum absolute atomic E-state index is 13.4. The van der Waals surface area contributed by atoms with Crippen LogP contribution in [0.3, 0.4) is 0 Å². The highest BCUT2D eigenvalue weighted by Crippen LogP contribution is 2.38. The van der Waals surface area contributed by atoms with Gasteiger partial charge in [0.25, 0.3) is 5.91 Å². The number of hydrogen-bond donors (Lipinski definition) is 1. The Kier molecular flexibility index (Phi) is 5.91. The first kappa shape index (κ1) is 20.8. The minimum absolute atomic E-state index is 0.00879. The van der Waals surface area contributed by atoms with Crippen molar-refractivity contribution in [3.8, 4) is 5.75 Å². The number of benzene rings is 2. The van der Waals surface area contributed by atoms with E-state index in [-0.39, 0.29) is 18.1 Å². The van der Waals surface area contributed by atoms with Crippen LogP contribution >= 0.6 is 0 Å². The van der Waals surface area contributed by atoms with Gasteiger partial charge in [-0.1, -0.05) is 19.9 Å².